The molecule has 3 nitrogen and oxygen atoms in total. The molecular weight excluding hydrogens is 263 g/mol. The van der Waals surface area contributed by atoms with Crippen LogP contribution in [0.4, 0.5) is 10.1 Å². The van der Waals surface area contributed by atoms with E-state index < -0.39 is 5.82 Å². The van der Waals surface area contributed by atoms with Gasteiger partial charge in [-0.25, -0.2) is 4.39 Å². The fraction of sp³-hybridized carbons (Fsp3) is 0.364. The van der Waals surface area contributed by atoms with Crippen molar-refractivity contribution in [3.8, 4) is 0 Å². The average molecular weight is 277 g/mol. The molecule has 0 radical (unpaired) electrons. The Labute approximate surface area is 110 Å². The Morgan fingerprint density at radius 3 is 2.82 bits per heavy atom. The van der Waals surface area contributed by atoms with Crippen molar-refractivity contribution in [2.75, 3.05) is 25.0 Å². The molecule has 0 saturated carbocycles. The molecule has 0 atom stereocenters. The number of likely N-dealkylation sites (N-methyl/N-ethyl adjacent to an activating group) is 1. The second-order valence-electron chi connectivity index (χ2n) is 3.36. The van der Waals surface area contributed by atoms with Crippen molar-refractivity contribution < 1.29 is 9.50 Å². The van der Waals surface area contributed by atoms with E-state index in [1.165, 1.54) is 12.1 Å². The minimum Gasteiger partial charge on any atom is -0.395 e. The first kappa shape index (κ1) is 14.2. The number of hydrogen-bond acceptors (Lipinski definition) is 2. The van der Waals surface area contributed by atoms with Crippen LogP contribution in [-0.4, -0.2) is 34.8 Å². The summed E-state index contributed by atoms with van der Waals surface area (Å²) in [6.45, 7) is 3.10. The second kappa shape index (κ2) is 6.74. The Bertz CT molecular complexity index is 403. The van der Waals surface area contributed by atoms with Crippen LogP contribution in [0.2, 0.25) is 5.02 Å². The number of aliphatic hydroxyl groups excluding tert-OH is 1. The molecule has 0 unspecified atom stereocenters. The van der Waals surface area contributed by atoms with Crippen LogP contribution in [0.1, 0.15) is 6.92 Å². The number of thiocarbonyl (C=S) groups is 1. The minimum absolute atomic E-state index is 0.0276. The number of hydrogen-bond donors (Lipinski definition) is 2. The molecule has 0 aliphatic rings. The lowest BCUT2D eigenvalue weighted by atomic mass is 10.3. The first-order valence-electron chi connectivity index (χ1n) is 5.20. The van der Waals surface area contributed by atoms with Gasteiger partial charge in [0.15, 0.2) is 5.11 Å². The van der Waals surface area contributed by atoms with Gasteiger partial charge in [0.25, 0.3) is 0 Å². The molecule has 0 aliphatic carbocycles. The van der Waals surface area contributed by atoms with Crippen LogP contribution < -0.4 is 5.32 Å². The summed E-state index contributed by atoms with van der Waals surface area (Å²) in [4.78, 5) is 1.80. The molecule has 1 aromatic carbocycles. The van der Waals surface area contributed by atoms with Gasteiger partial charge < -0.3 is 15.3 Å². The van der Waals surface area contributed by atoms with E-state index in [-0.39, 0.29) is 11.6 Å². The first-order chi connectivity index (χ1) is 8.08. The standard InChI is InChI=1S/C11H14ClFN2OS/c1-2-15(5-6-16)11(17)14-8-3-4-10(13)9(12)7-8/h3-4,7,16H,2,5-6H2,1H3,(H,14,17). The van der Waals surface area contributed by atoms with Gasteiger partial charge in [0.2, 0.25) is 0 Å². The molecule has 0 amide bonds. The maximum atomic E-state index is 12.9. The summed E-state index contributed by atoms with van der Waals surface area (Å²) in [6.07, 6.45) is 0. The normalized spacial score (nSPS) is 10.1. The van der Waals surface area contributed by atoms with Crippen LogP contribution in [0.5, 0.6) is 0 Å². The van der Waals surface area contributed by atoms with Crippen molar-refractivity contribution in [3.63, 3.8) is 0 Å². The average Bonchev–Trinajstić information content (AvgIpc) is 2.30. The number of aliphatic hydroxyl groups is 1. The summed E-state index contributed by atoms with van der Waals surface area (Å²) in [5.41, 5.74) is 0.623. The maximum absolute atomic E-state index is 12.9. The fourth-order valence-corrected chi connectivity index (χ4v) is 1.82. The number of halogens is 2. The van der Waals surface area contributed by atoms with E-state index in [9.17, 15) is 4.39 Å². The molecule has 0 aliphatic heterocycles. The summed E-state index contributed by atoms with van der Waals surface area (Å²) >= 11 is 10.8. The molecule has 1 aromatic rings. The van der Waals surface area contributed by atoms with Gasteiger partial charge in [0.05, 0.1) is 11.6 Å². The Balaban J connectivity index is 2.69. The van der Waals surface area contributed by atoms with E-state index in [0.29, 0.717) is 23.9 Å². The predicted molar refractivity (Wildman–Crippen MR) is 72.0 cm³/mol. The van der Waals surface area contributed by atoms with Gasteiger partial charge in [0, 0.05) is 18.8 Å². The van der Waals surface area contributed by atoms with Crippen LogP contribution >= 0.6 is 23.8 Å². The molecule has 0 spiro atoms. The molecule has 17 heavy (non-hydrogen) atoms. The van der Waals surface area contributed by atoms with E-state index >= 15 is 0 Å². The summed E-state index contributed by atoms with van der Waals surface area (Å²) in [5, 5.41) is 12.3. The minimum atomic E-state index is -0.467. The summed E-state index contributed by atoms with van der Waals surface area (Å²) in [7, 11) is 0. The molecule has 0 fully saturated rings. The third kappa shape index (κ3) is 4.11. The highest BCUT2D eigenvalue weighted by Gasteiger charge is 2.08. The van der Waals surface area contributed by atoms with E-state index in [0.717, 1.165) is 0 Å². The molecule has 1 rings (SSSR count). The van der Waals surface area contributed by atoms with Gasteiger partial charge in [-0.2, -0.15) is 0 Å². The van der Waals surface area contributed by atoms with E-state index in [1.807, 2.05) is 6.92 Å². The van der Waals surface area contributed by atoms with E-state index in [2.05, 4.69) is 5.32 Å². The Kier molecular flexibility index (Phi) is 5.61. The number of rotatable bonds is 4. The lowest BCUT2D eigenvalue weighted by Gasteiger charge is -2.23. The smallest absolute Gasteiger partial charge is 0.173 e. The van der Waals surface area contributed by atoms with Crippen molar-refractivity contribution >= 4 is 34.6 Å². The van der Waals surface area contributed by atoms with Gasteiger partial charge in [-0.05, 0) is 37.3 Å². The summed E-state index contributed by atoms with van der Waals surface area (Å²) in [6, 6.07) is 4.30. The number of anilines is 1. The molecular formula is C11H14ClFN2OS. The Morgan fingerprint density at radius 1 is 1.59 bits per heavy atom. The van der Waals surface area contributed by atoms with Gasteiger partial charge in [-0.15, -0.1) is 0 Å². The van der Waals surface area contributed by atoms with E-state index in [4.69, 9.17) is 28.9 Å². The molecule has 0 aromatic heterocycles. The van der Waals surface area contributed by atoms with Gasteiger partial charge in [0.1, 0.15) is 5.82 Å². The van der Waals surface area contributed by atoms with Gasteiger partial charge in [-0.1, -0.05) is 11.6 Å². The molecule has 0 saturated heterocycles. The maximum Gasteiger partial charge on any atom is 0.173 e. The zero-order valence-corrected chi connectivity index (χ0v) is 11.0. The molecule has 94 valence electrons. The van der Waals surface area contributed by atoms with Crippen molar-refractivity contribution in [1.82, 2.24) is 4.90 Å². The molecule has 0 bridgehead atoms. The Morgan fingerprint density at radius 2 is 2.29 bits per heavy atom. The zero-order chi connectivity index (χ0) is 12.8. The van der Waals surface area contributed by atoms with Crippen LogP contribution in [0.15, 0.2) is 18.2 Å². The number of benzene rings is 1. The van der Waals surface area contributed by atoms with Crippen molar-refractivity contribution in [3.05, 3.63) is 29.0 Å². The Hall–Kier alpha value is -0.910. The zero-order valence-electron chi connectivity index (χ0n) is 9.41. The quantitative estimate of drug-likeness (QED) is 0.829. The SMILES string of the molecule is CCN(CCO)C(=S)Nc1ccc(F)c(Cl)c1. The predicted octanol–water partition coefficient (Wildman–Crippen LogP) is 2.49. The van der Waals surface area contributed by atoms with Crippen molar-refractivity contribution in [2.24, 2.45) is 0 Å². The third-order valence-electron chi connectivity index (χ3n) is 2.21. The monoisotopic (exact) mass is 276 g/mol. The van der Waals surface area contributed by atoms with Crippen LogP contribution in [0.25, 0.3) is 0 Å². The lowest BCUT2D eigenvalue weighted by Crippen LogP contribution is -2.36. The van der Waals surface area contributed by atoms with Gasteiger partial charge >= 0.3 is 0 Å². The number of nitrogens with zero attached hydrogens (tertiary/aromatic N) is 1. The highest BCUT2D eigenvalue weighted by molar-refractivity contribution is 7.80. The first-order valence-corrected chi connectivity index (χ1v) is 5.99. The van der Waals surface area contributed by atoms with Crippen LogP contribution in [0, 0.1) is 5.82 Å². The fourth-order valence-electron chi connectivity index (χ4n) is 1.30. The summed E-state index contributed by atoms with van der Waals surface area (Å²) in [5.74, 6) is -0.467. The second-order valence-corrected chi connectivity index (χ2v) is 4.16. The molecule has 2 N–H and O–H groups in total. The van der Waals surface area contributed by atoms with Gasteiger partial charge in [-0.3, -0.25) is 0 Å². The van der Waals surface area contributed by atoms with Crippen molar-refractivity contribution in [1.29, 1.82) is 0 Å². The van der Waals surface area contributed by atoms with Crippen LogP contribution in [-0.2, 0) is 0 Å². The number of nitrogens with one attached hydrogen (secondary N) is 1. The summed E-state index contributed by atoms with van der Waals surface area (Å²) < 4.78 is 12.9. The lowest BCUT2D eigenvalue weighted by molar-refractivity contribution is 0.254. The highest BCUT2D eigenvalue weighted by atomic mass is 35.5. The van der Waals surface area contributed by atoms with E-state index in [1.54, 1.807) is 11.0 Å². The highest BCUT2D eigenvalue weighted by Crippen LogP contribution is 2.19. The molecule has 6 heteroatoms. The largest absolute Gasteiger partial charge is 0.395 e. The van der Waals surface area contributed by atoms with Crippen LogP contribution in [0.3, 0.4) is 0 Å². The topological polar surface area (TPSA) is 35.5 Å². The molecule has 0 heterocycles. The van der Waals surface area contributed by atoms with Crippen molar-refractivity contribution in [2.45, 2.75) is 6.92 Å². The third-order valence-corrected chi connectivity index (χ3v) is 2.86.